The van der Waals surface area contributed by atoms with Crippen LogP contribution >= 0.6 is 0 Å². The summed E-state index contributed by atoms with van der Waals surface area (Å²) in [6.07, 6.45) is 0.444. The summed E-state index contributed by atoms with van der Waals surface area (Å²) in [6, 6.07) is 0. The summed E-state index contributed by atoms with van der Waals surface area (Å²) in [5.41, 5.74) is 0. The molecule has 0 heterocycles. The van der Waals surface area contributed by atoms with E-state index in [0.29, 0.717) is 32.7 Å². The minimum atomic E-state index is -0.0126. The molecule has 0 aromatic heterocycles. The molecule has 6 nitrogen and oxygen atoms in total. The molecule has 0 aliphatic heterocycles. The van der Waals surface area contributed by atoms with Crippen LogP contribution in [0.4, 0.5) is 0 Å². The molecule has 0 saturated heterocycles. The maximum Gasteiger partial charge on any atom is 0.222 e. The molecule has 0 atom stereocenters. The van der Waals surface area contributed by atoms with E-state index in [0.717, 1.165) is 0 Å². The van der Waals surface area contributed by atoms with Crippen molar-refractivity contribution in [2.24, 2.45) is 0 Å². The topological polar surface area (TPSA) is 79.2 Å². The first-order valence-corrected chi connectivity index (χ1v) is 5.91. The van der Waals surface area contributed by atoms with Gasteiger partial charge in [0.15, 0.2) is 0 Å². The van der Waals surface area contributed by atoms with Crippen LogP contribution in [0.25, 0.3) is 0 Å². The zero-order valence-corrected chi connectivity index (χ0v) is 10.4. The SMILES string of the molecule is CCC(=O)N(CCOCCO)CCOCCO. The maximum absolute atomic E-state index is 11.6. The van der Waals surface area contributed by atoms with Crippen LogP contribution in [0.3, 0.4) is 0 Å². The number of hydrogen-bond acceptors (Lipinski definition) is 5. The fraction of sp³-hybridized carbons (Fsp3) is 0.909. The lowest BCUT2D eigenvalue weighted by atomic mass is 10.4. The molecule has 0 bridgehead atoms. The van der Waals surface area contributed by atoms with Crippen molar-refractivity contribution in [1.82, 2.24) is 4.90 Å². The van der Waals surface area contributed by atoms with Crippen molar-refractivity contribution >= 4 is 5.91 Å². The molecule has 0 saturated carbocycles. The van der Waals surface area contributed by atoms with Crippen LogP contribution in [0.1, 0.15) is 13.3 Å². The summed E-state index contributed by atoms with van der Waals surface area (Å²) in [4.78, 5) is 13.2. The van der Waals surface area contributed by atoms with Gasteiger partial charge in [-0.25, -0.2) is 0 Å². The number of aliphatic hydroxyl groups is 2. The highest BCUT2D eigenvalue weighted by atomic mass is 16.5. The van der Waals surface area contributed by atoms with Crippen molar-refractivity contribution in [1.29, 1.82) is 0 Å². The first kappa shape index (κ1) is 16.3. The summed E-state index contributed by atoms with van der Waals surface area (Å²) in [5.74, 6) is 0.0465. The predicted molar refractivity (Wildman–Crippen MR) is 62.7 cm³/mol. The van der Waals surface area contributed by atoms with Gasteiger partial charge in [-0.15, -0.1) is 0 Å². The van der Waals surface area contributed by atoms with Crippen LogP contribution < -0.4 is 0 Å². The molecule has 6 heteroatoms. The van der Waals surface area contributed by atoms with Gasteiger partial charge >= 0.3 is 0 Å². The Morgan fingerprint density at radius 3 is 1.82 bits per heavy atom. The molecule has 0 aliphatic rings. The van der Waals surface area contributed by atoms with Crippen molar-refractivity contribution in [2.75, 3.05) is 52.7 Å². The second-order valence-electron chi connectivity index (χ2n) is 3.41. The van der Waals surface area contributed by atoms with Gasteiger partial charge in [0.25, 0.3) is 0 Å². The molecule has 0 aromatic rings. The Morgan fingerprint density at radius 2 is 1.47 bits per heavy atom. The van der Waals surface area contributed by atoms with Crippen LogP contribution in [0.15, 0.2) is 0 Å². The normalized spacial score (nSPS) is 10.5. The molecule has 1 amide bonds. The largest absolute Gasteiger partial charge is 0.394 e. The van der Waals surface area contributed by atoms with Gasteiger partial charge in [-0.05, 0) is 0 Å². The van der Waals surface area contributed by atoms with Crippen LogP contribution in [0.5, 0.6) is 0 Å². The Hall–Kier alpha value is -0.690. The quantitative estimate of drug-likeness (QED) is 0.471. The second-order valence-corrected chi connectivity index (χ2v) is 3.41. The lowest BCUT2D eigenvalue weighted by Gasteiger charge is -2.22. The molecule has 0 aromatic carbocycles. The molecule has 2 N–H and O–H groups in total. The van der Waals surface area contributed by atoms with Gasteiger partial charge in [-0.2, -0.15) is 0 Å². The number of aliphatic hydroxyl groups excluding tert-OH is 2. The maximum atomic E-state index is 11.6. The van der Waals surface area contributed by atoms with E-state index in [2.05, 4.69) is 0 Å². The van der Waals surface area contributed by atoms with E-state index >= 15 is 0 Å². The Labute approximate surface area is 102 Å². The highest BCUT2D eigenvalue weighted by molar-refractivity contribution is 5.75. The number of rotatable bonds is 11. The summed E-state index contributed by atoms with van der Waals surface area (Å²) in [6.45, 7) is 4.16. The number of hydrogen-bond donors (Lipinski definition) is 2. The van der Waals surface area contributed by atoms with Gasteiger partial charge in [-0.3, -0.25) is 4.79 Å². The van der Waals surface area contributed by atoms with Crippen molar-refractivity contribution in [3.63, 3.8) is 0 Å². The number of carbonyl (C=O) groups is 1. The van der Waals surface area contributed by atoms with Crippen LogP contribution in [0, 0.1) is 0 Å². The van der Waals surface area contributed by atoms with Gasteiger partial charge in [0.2, 0.25) is 5.91 Å². The Kier molecular flexibility index (Phi) is 11.3. The van der Waals surface area contributed by atoms with E-state index in [1.54, 1.807) is 11.8 Å². The van der Waals surface area contributed by atoms with E-state index in [9.17, 15) is 4.79 Å². The molecule has 0 aliphatic carbocycles. The van der Waals surface area contributed by atoms with Crippen molar-refractivity contribution in [3.8, 4) is 0 Å². The third-order valence-corrected chi connectivity index (χ3v) is 2.14. The third kappa shape index (κ3) is 9.05. The molecule has 102 valence electrons. The van der Waals surface area contributed by atoms with Crippen molar-refractivity contribution < 1.29 is 24.5 Å². The number of nitrogens with zero attached hydrogens (tertiary/aromatic N) is 1. The van der Waals surface area contributed by atoms with Gasteiger partial charge in [0, 0.05) is 19.5 Å². The standard InChI is InChI=1S/C11H23NO5/c1-2-11(15)12(3-7-16-9-5-13)4-8-17-10-6-14/h13-14H,2-10H2,1H3. The Morgan fingerprint density at radius 1 is 1.00 bits per heavy atom. The highest BCUT2D eigenvalue weighted by Crippen LogP contribution is 1.95. The molecular formula is C11H23NO5. The van der Waals surface area contributed by atoms with E-state index in [-0.39, 0.29) is 32.3 Å². The average molecular weight is 249 g/mol. The second kappa shape index (κ2) is 11.8. The number of amides is 1. The number of ether oxygens (including phenoxy) is 2. The lowest BCUT2D eigenvalue weighted by Crippen LogP contribution is -2.36. The van der Waals surface area contributed by atoms with Gasteiger partial charge in [0.05, 0.1) is 39.6 Å². The van der Waals surface area contributed by atoms with Crippen LogP contribution in [0.2, 0.25) is 0 Å². The monoisotopic (exact) mass is 249 g/mol. The smallest absolute Gasteiger partial charge is 0.222 e. The minimum Gasteiger partial charge on any atom is -0.394 e. The van der Waals surface area contributed by atoms with Gasteiger partial charge in [0.1, 0.15) is 0 Å². The number of carbonyl (C=O) groups excluding carboxylic acids is 1. The highest BCUT2D eigenvalue weighted by Gasteiger charge is 2.10. The average Bonchev–Trinajstić information content (AvgIpc) is 2.36. The molecule has 0 radical (unpaired) electrons. The van der Waals surface area contributed by atoms with Crippen LogP contribution in [-0.2, 0) is 14.3 Å². The van der Waals surface area contributed by atoms with Crippen molar-refractivity contribution in [3.05, 3.63) is 0 Å². The fourth-order valence-corrected chi connectivity index (χ4v) is 1.27. The predicted octanol–water partition coefficient (Wildman–Crippen LogP) is -0.757. The van der Waals surface area contributed by atoms with E-state index in [1.165, 1.54) is 0 Å². The first-order chi connectivity index (χ1) is 8.26. The Bertz CT molecular complexity index is 177. The fourth-order valence-electron chi connectivity index (χ4n) is 1.27. The van der Waals surface area contributed by atoms with E-state index in [4.69, 9.17) is 19.7 Å². The van der Waals surface area contributed by atoms with Crippen LogP contribution in [-0.4, -0.2) is 73.8 Å². The molecule has 0 fully saturated rings. The summed E-state index contributed by atoms with van der Waals surface area (Å²) in [5, 5.41) is 17.1. The first-order valence-electron chi connectivity index (χ1n) is 5.91. The summed E-state index contributed by atoms with van der Waals surface area (Å²) < 4.78 is 10.2. The van der Waals surface area contributed by atoms with Gasteiger partial charge in [-0.1, -0.05) is 6.92 Å². The zero-order chi connectivity index (χ0) is 12.9. The third-order valence-electron chi connectivity index (χ3n) is 2.14. The zero-order valence-electron chi connectivity index (χ0n) is 10.4. The van der Waals surface area contributed by atoms with E-state index < -0.39 is 0 Å². The van der Waals surface area contributed by atoms with Crippen molar-refractivity contribution in [2.45, 2.75) is 13.3 Å². The lowest BCUT2D eigenvalue weighted by molar-refractivity contribution is -0.132. The molecule has 0 unspecified atom stereocenters. The molecule has 17 heavy (non-hydrogen) atoms. The van der Waals surface area contributed by atoms with E-state index in [1.807, 2.05) is 0 Å². The summed E-state index contributed by atoms with van der Waals surface area (Å²) in [7, 11) is 0. The minimum absolute atomic E-state index is 0.0126. The Balaban J connectivity index is 3.76. The van der Waals surface area contributed by atoms with Gasteiger partial charge < -0.3 is 24.6 Å². The summed E-state index contributed by atoms with van der Waals surface area (Å²) >= 11 is 0. The molecule has 0 rings (SSSR count). The molecular weight excluding hydrogens is 226 g/mol. The molecule has 0 spiro atoms.